The van der Waals surface area contributed by atoms with E-state index in [4.69, 9.17) is 23.9 Å². The first-order chi connectivity index (χ1) is 23.6. The maximum Gasteiger partial charge on any atom is 0.306 e. The van der Waals surface area contributed by atoms with Crippen molar-refractivity contribution in [3.63, 3.8) is 0 Å². The van der Waals surface area contributed by atoms with Gasteiger partial charge < -0.3 is 23.8 Å². The molecular formula is C42H52N2O6. The zero-order valence-electron chi connectivity index (χ0n) is 31.1. The van der Waals surface area contributed by atoms with Gasteiger partial charge in [-0.05, 0) is 127 Å². The number of hydrogen-bond acceptors (Lipinski definition) is 7. The smallest absolute Gasteiger partial charge is 0.306 e. The van der Waals surface area contributed by atoms with E-state index in [1.54, 1.807) is 0 Å². The number of carbonyl (C=O) groups is 2. The van der Waals surface area contributed by atoms with Crippen LogP contribution in [-0.2, 0) is 29.1 Å². The topological polar surface area (TPSA) is 87.2 Å². The zero-order valence-corrected chi connectivity index (χ0v) is 31.1. The van der Waals surface area contributed by atoms with E-state index in [9.17, 15) is 9.59 Å². The van der Waals surface area contributed by atoms with E-state index in [1.165, 1.54) is 0 Å². The molecule has 8 nitrogen and oxygen atoms in total. The standard InChI is InChI=1S/C42H52N2O6/c1-26-22-27(2)43-37(47-25-30-12-10-9-11-13-30)32(26)24-44-21-14-31-28(3)35-36(29(4)34(31)38(44)46)50-40(8,49-35)42-18-15-41(16-19-42,17-20-42)23-33(45)48-39(5,6)7/h9-13,22H,14-21,23-25H2,1-8H3. The first-order valence-electron chi connectivity index (χ1n) is 18.3. The molecule has 3 fully saturated rings. The average Bonchev–Trinajstić information content (AvgIpc) is 3.44. The molecule has 2 bridgehead atoms. The molecule has 3 aliphatic carbocycles. The summed E-state index contributed by atoms with van der Waals surface area (Å²) >= 11 is 0. The molecule has 266 valence electrons. The van der Waals surface area contributed by atoms with E-state index >= 15 is 0 Å². The van der Waals surface area contributed by atoms with Crippen LogP contribution in [0, 0.1) is 38.5 Å². The van der Waals surface area contributed by atoms with Crippen molar-refractivity contribution >= 4 is 11.9 Å². The lowest BCUT2D eigenvalue weighted by Crippen LogP contribution is -2.58. The highest BCUT2D eigenvalue weighted by Gasteiger charge is 2.62. The Morgan fingerprint density at radius 3 is 2.22 bits per heavy atom. The lowest BCUT2D eigenvalue weighted by Gasteiger charge is -2.57. The van der Waals surface area contributed by atoms with Gasteiger partial charge in [-0.3, -0.25) is 9.59 Å². The number of amides is 1. The van der Waals surface area contributed by atoms with Crippen LogP contribution < -0.4 is 14.2 Å². The zero-order chi connectivity index (χ0) is 35.6. The molecule has 3 heterocycles. The Morgan fingerprint density at radius 2 is 1.58 bits per heavy atom. The van der Waals surface area contributed by atoms with E-state index in [-0.39, 0.29) is 22.7 Å². The third-order valence-corrected chi connectivity index (χ3v) is 12.1. The Balaban J connectivity index is 1.10. The van der Waals surface area contributed by atoms with E-state index in [0.717, 1.165) is 95.3 Å². The van der Waals surface area contributed by atoms with Crippen molar-refractivity contribution in [2.75, 3.05) is 6.54 Å². The Labute approximate surface area is 296 Å². The Hall–Kier alpha value is -4.07. The minimum absolute atomic E-state index is 0.00117. The van der Waals surface area contributed by atoms with Crippen molar-refractivity contribution in [1.82, 2.24) is 9.88 Å². The monoisotopic (exact) mass is 680 g/mol. The molecule has 3 saturated carbocycles. The number of nitrogens with zero attached hydrogens (tertiary/aromatic N) is 2. The Bertz CT molecular complexity index is 1820. The minimum Gasteiger partial charge on any atom is -0.473 e. The number of hydrogen-bond donors (Lipinski definition) is 0. The molecule has 0 saturated heterocycles. The van der Waals surface area contributed by atoms with Crippen LogP contribution in [0.15, 0.2) is 36.4 Å². The fourth-order valence-corrected chi connectivity index (χ4v) is 9.09. The highest BCUT2D eigenvalue weighted by atomic mass is 16.7. The Kier molecular flexibility index (Phi) is 8.46. The highest BCUT2D eigenvalue weighted by Crippen LogP contribution is 2.65. The number of esters is 1. The fourth-order valence-electron chi connectivity index (χ4n) is 9.09. The number of rotatable bonds is 8. The average molecular weight is 681 g/mol. The lowest BCUT2D eigenvalue weighted by molar-refractivity contribution is -0.214. The second-order valence-electron chi connectivity index (χ2n) is 16.6. The summed E-state index contributed by atoms with van der Waals surface area (Å²) in [6.07, 6.45) is 6.88. The number of aryl methyl sites for hydroxylation is 2. The summed E-state index contributed by atoms with van der Waals surface area (Å²) in [5.74, 6) is 1.12. The van der Waals surface area contributed by atoms with E-state index < -0.39 is 11.4 Å². The van der Waals surface area contributed by atoms with Crippen LogP contribution in [0.4, 0.5) is 0 Å². The second-order valence-corrected chi connectivity index (χ2v) is 16.6. The third kappa shape index (κ3) is 6.02. The number of pyridine rings is 1. The molecule has 5 aliphatic rings. The molecule has 0 spiro atoms. The molecule has 1 amide bonds. The van der Waals surface area contributed by atoms with Crippen LogP contribution in [-0.4, -0.2) is 39.7 Å². The number of fused-ring (bicyclic) bond motifs is 5. The summed E-state index contributed by atoms with van der Waals surface area (Å²) in [4.78, 5) is 33.9. The van der Waals surface area contributed by atoms with E-state index in [1.807, 2.05) is 69.9 Å². The SMILES string of the molecule is Cc1cc(C)c(CN2CCc3c(C)c4c(c(C)c3C2=O)OC(C)(C23CCC(CC(=O)OC(C)(C)C)(CC2)CC3)O4)c(OCc2ccccc2)n1. The molecule has 0 radical (unpaired) electrons. The van der Waals surface area contributed by atoms with Gasteiger partial charge in [-0.2, -0.15) is 0 Å². The van der Waals surface area contributed by atoms with Crippen molar-refractivity contribution in [3.05, 3.63) is 81.0 Å². The molecular weight excluding hydrogens is 628 g/mol. The summed E-state index contributed by atoms with van der Waals surface area (Å²) in [6.45, 7) is 17.4. The number of benzene rings is 2. The van der Waals surface area contributed by atoms with Gasteiger partial charge >= 0.3 is 5.97 Å². The van der Waals surface area contributed by atoms with Crippen LogP contribution >= 0.6 is 0 Å². The number of aromatic nitrogens is 1. The van der Waals surface area contributed by atoms with Crippen molar-refractivity contribution in [2.45, 2.75) is 131 Å². The maximum absolute atomic E-state index is 14.4. The molecule has 0 N–H and O–H groups in total. The summed E-state index contributed by atoms with van der Waals surface area (Å²) in [7, 11) is 0. The van der Waals surface area contributed by atoms with E-state index in [2.05, 4.69) is 26.8 Å². The van der Waals surface area contributed by atoms with Gasteiger partial charge in [0, 0.05) is 41.3 Å². The van der Waals surface area contributed by atoms with Gasteiger partial charge in [-0.25, -0.2) is 4.98 Å². The van der Waals surface area contributed by atoms with Gasteiger partial charge in [-0.1, -0.05) is 30.3 Å². The van der Waals surface area contributed by atoms with Crippen molar-refractivity contribution in [3.8, 4) is 17.4 Å². The third-order valence-electron chi connectivity index (χ3n) is 12.1. The molecule has 3 aromatic rings. The van der Waals surface area contributed by atoms with Crippen molar-refractivity contribution in [2.24, 2.45) is 10.8 Å². The van der Waals surface area contributed by atoms with Crippen LogP contribution in [0.5, 0.6) is 17.4 Å². The van der Waals surface area contributed by atoms with Gasteiger partial charge in [0.2, 0.25) is 5.88 Å². The maximum atomic E-state index is 14.4. The molecule has 8 heteroatoms. The van der Waals surface area contributed by atoms with Crippen LogP contribution in [0.25, 0.3) is 0 Å². The summed E-state index contributed by atoms with van der Waals surface area (Å²) < 4.78 is 25.8. The molecule has 2 aromatic carbocycles. The van der Waals surface area contributed by atoms with Gasteiger partial charge in [0.05, 0.1) is 13.0 Å². The van der Waals surface area contributed by atoms with Crippen molar-refractivity contribution < 1.29 is 28.5 Å². The lowest BCUT2D eigenvalue weighted by atomic mass is 9.50. The molecule has 50 heavy (non-hydrogen) atoms. The molecule has 1 atom stereocenters. The van der Waals surface area contributed by atoms with Gasteiger partial charge in [-0.15, -0.1) is 0 Å². The van der Waals surface area contributed by atoms with Gasteiger partial charge in [0.1, 0.15) is 12.2 Å². The van der Waals surface area contributed by atoms with Crippen LogP contribution in [0.3, 0.4) is 0 Å². The minimum atomic E-state index is -0.842. The first kappa shape index (κ1) is 34.4. The number of ether oxygens (including phenoxy) is 4. The fraction of sp³-hybridized carbons (Fsp3) is 0.548. The predicted octanol–water partition coefficient (Wildman–Crippen LogP) is 8.65. The first-order valence-corrected chi connectivity index (χ1v) is 18.3. The molecule has 8 rings (SSSR count). The quantitative estimate of drug-likeness (QED) is 0.220. The summed E-state index contributed by atoms with van der Waals surface area (Å²) in [5, 5.41) is 0. The molecule has 1 aromatic heterocycles. The second kappa shape index (κ2) is 12.3. The van der Waals surface area contributed by atoms with Crippen LogP contribution in [0.1, 0.15) is 122 Å². The highest BCUT2D eigenvalue weighted by molar-refractivity contribution is 6.00. The largest absolute Gasteiger partial charge is 0.473 e. The predicted molar refractivity (Wildman–Crippen MR) is 192 cm³/mol. The van der Waals surface area contributed by atoms with Gasteiger partial charge in [0.25, 0.3) is 11.7 Å². The molecule has 2 aliphatic heterocycles. The number of carbonyl (C=O) groups excluding carboxylic acids is 2. The van der Waals surface area contributed by atoms with Gasteiger partial charge in [0.15, 0.2) is 11.5 Å². The Morgan fingerprint density at radius 1 is 0.940 bits per heavy atom. The summed E-state index contributed by atoms with van der Waals surface area (Å²) in [5.41, 5.74) is 6.92. The normalized spacial score (nSPS) is 25.4. The van der Waals surface area contributed by atoms with Crippen LogP contribution in [0.2, 0.25) is 0 Å². The van der Waals surface area contributed by atoms with E-state index in [0.29, 0.717) is 37.7 Å². The summed E-state index contributed by atoms with van der Waals surface area (Å²) in [6, 6.07) is 12.1. The molecule has 1 unspecified atom stereocenters. The van der Waals surface area contributed by atoms with Crippen molar-refractivity contribution in [1.29, 1.82) is 0 Å².